The molecule has 0 aliphatic carbocycles. The molecule has 0 unspecified atom stereocenters. The van der Waals surface area contributed by atoms with Gasteiger partial charge in [-0.25, -0.2) is 8.78 Å². The molecular weight excluding hydrogens is 432 g/mol. The lowest BCUT2D eigenvalue weighted by Crippen LogP contribution is -2.43. The molecule has 2 heterocycles. The standard InChI is InChI=1S/C24H23F2N3O4/c1-3-16(9-8-15(2)25)13-29-11-10-28-14-18(21(30)22(31)20(28)24(29)33)23(32)27-12-17-6-4-5-7-19(17)26/h3-9,14,31H,1,10-13H2,2H3,(H,27,32)/b15-8+,16-9+. The first-order valence-corrected chi connectivity index (χ1v) is 10.2. The summed E-state index contributed by atoms with van der Waals surface area (Å²) in [5, 5.41) is 12.9. The van der Waals surface area contributed by atoms with Gasteiger partial charge in [-0.3, -0.25) is 14.4 Å². The van der Waals surface area contributed by atoms with E-state index in [1.54, 1.807) is 6.07 Å². The molecule has 1 aliphatic rings. The molecule has 7 nitrogen and oxygen atoms in total. The molecule has 0 bridgehead atoms. The smallest absolute Gasteiger partial charge is 0.274 e. The highest BCUT2D eigenvalue weighted by molar-refractivity contribution is 5.99. The summed E-state index contributed by atoms with van der Waals surface area (Å²) >= 11 is 0. The van der Waals surface area contributed by atoms with Crippen molar-refractivity contribution in [1.82, 2.24) is 14.8 Å². The zero-order valence-electron chi connectivity index (χ0n) is 18.0. The first-order chi connectivity index (χ1) is 15.7. The lowest BCUT2D eigenvalue weighted by atomic mass is 10.1. The minimum Gasteiger partial charge on any atom is -0.503 e. The number of nitrogens with one attached hydrogen (secondary N) is 1. The number of nitrogens with zero attached hydrogens (tertiary/aromatic N) is 2. The summed E-state index contributed by atoms with van der Waals surface area (Å²) in [5.41, 5.74) is -0.790. The molecule has 1 aliphatic heterocycles. The molecule has 0 saturated carbocycles. The van der Waals surface area contributed by atoms with E-state index in [1.807, 2.05) is 0 Å². The SMILES string of the molecule is C=C/C(=C\C=C(/C)F)CN1CCn2cc(C(=O)NCc3ccccc3F)c(=O)c(O)c2C1=O. The Kier molecular flexibility index (Phi) is 7.22. The maximum atomic E-state index is 13.8. The number of benzene rings is 1. The minimum absolute atomic E-state index is 0.102. The second-order valence-electron chi connectivity index (χ2n) is 7.46. The first-order valence-electron chi connectivity index (χ1n) is 10.2. The van der Waals surface area contributed by atoms with Crippen LogP contribution in [0.2, 0.25) is 0 Å². The van der Waals surface area contributed by atoms with Gasteiger partial charge in [-0.15, -0.1) is 0 Å². The molecule has 0 fully saturated rings. The first kappa shape index (κ1) is 23.6. The predicted molar refractivity (Wildman–Crippen MR) is 119 cm³/mol. The highest BCUT2D eigenvalue weighted by Gasteiger charge is 2.30. The maximum Gasteiger partial charge on any atom is 0.274 e. The van der Waals surface area contributed by atoms with Crippen LogP contribution in [0.25, 0.3) is 0 Å². The number of aromatic hydroxyl groups is 1. The molecule has 2 aromatic rings. The summed E-state index contributed by atoms with van der Waals surface area (Å²) in [5.74, 6) is -3.16. The topological polar surface area (TPSA) is 91.6 Å². The minimum atomic E-state index is -1.00. The van der Waals surface area contributed by atoms with Gasteiger partial charge in [-0.05, 0) is 24.6 Å². The molecule has 9 heteroatoms. The van der Waals surface area contributed by atoms with Crippen molar-refractivity contribution >= 4 is 11.8 Å². The Hall–Kier alpha value is -4.01. The Morgan fingerprint density at radius 1 is 1.24 bits per heavy atom. The number of allylic oxidation sites excluding steroid dienone is 3. The molecule has 2 N–H and O–H groups in total. The van der Waals surface area contributed by atoms with Gasteiger partial charge < -0.3 is 19.9 Å². The Morgan fingerprint density at radius 2 is 1.97 bits per heavy atom. The van der Waals surface area contributed by atoms with Gasteiger partial charge in [0.05, 0.1) is 5.83 Å². The third-order valence-electron chi connectivity index (χ3n) is 5.16. The van der Waals surface area contributed by atoms with E-state index < -0.39 is 34.6 Å². The van der Waals surface area contributed by atoms with Crippen molar-refractivity contribution in [2.75, 3.05) is 13.1 Å². The van der Waals surface area contributed by atoms with Crippen LogP contribution in [0.3, 0.4) is 0 Å². The van der Waals surface area contributed by atoms with Gasteiger partial charge in [0.15, 0.2) is 11.4 Å². The molecule has 1 aromatic heterocycles. The lowest BCUT2D eigenvalue weighted by molar-refractivity contribution is 0.0713. The van der Waals surface area contributed by atoms with Gasteiger partial charge in [0, 0.05) is 37.9 Å². The number of hydrogen-bond acceptors (Lipinski definition) is 4. The fourth-order valence-electron chi connectivity index (χ4n) is 3.38. The van der Waals surface area contributed by atoms with Crippen molar-refractivity contribution in [2.24, 2.45) is 0 Å². The molecule has 1 aromatic carbocycles. The van der Waals surface area contributed by atoms with E-state index in [1.165, 1.54) is 59.0 Å². The summed E-state index contributed by atoms with van der Waals surface area (Å²) < 4.78 is 28.1. The summed E-state index contributed by atoms with van der Waals surface area (Å²) in [4.78, 5) is 39.5. The van der Waals surface area contributed by atoms with E-state index in [2.05, 4.69) is 11.9 Å². The molecule has 33 heavy (non-hydrogen) atoms. The number of aromatic nitrogens is 1. The highest BCUT2D eigenvalue weighted by Crippen LogP contribution is 2.21. The quantitative estimate of drug-likeness (QED) is 0.628. The van der Waals surface area contributed by atoms with Crippen LogP contribution in [0.4, 0.5) is 8.78 Å². The molecular formula is C24H23F2N3O4. The molecule has 172 valence electrons. The molecule has 0 atom stereocenters. The Balaban J connectivity index is 1.83. The van der Waals surface area contributed by atoms with Gasteiger partial charge in [0.25, 0.3) is 11.8 Å². The molecule has 0 spiro atoms. The van der Waals surface area contributed by atoms with E-state index in [0.29, 0.717) is 5.57 Å². The van der Waals surface area contributed by atoms with Gasteiger partial charge >= 0.3 is 0 Å². The number of halogens is 2. The normalized spacial score (nSPS) is 14.2. The Morgan fingerprint density at radius 3 is 2.64 bits per heavy atom. The van der Waals surface area contributed by atoms with Crippen molar-refractivity contribution in [2.45, 2.75) is 20.0 Å². The number of amides is 2. The lowest BCUT2D eigenvalue weighted by Gasteiger charge is -2.30. The number of rotatable bonds is 7. The van der Waals surface area contributed by atoms with Gasteiger partial charge in [0.1, 0.15) is 11.4 Å². The summed E-state index contributed by atoms with van der Waals surface area (Å²) in [6.45, 7) is 5.33. The van der Waals surface area contributed by atoms with Gasteiger partial charge in [-0.1, -0.05) is 36.9 Å². The summed E-state index contributed by atoms with van der Waals surface area (Å²) in [6, 6.07) is 5.88. The largest absolute Gasteiger partial charge is 0.503 e. The predicted octanol–water partition coefficient (Wildman–Crippen LogP) is 3.06. The average Bonchev–Trinajstić information content (AvgIpc) is 2.79. The molecule has 0 radical (unpaired) electrons. The van der Waals surface area contributed by atoms with E-state index in [4.69, 9.17) is 0 Å². The van der Waals surface area contributed by atoms with E-state index in [-0.39, 0.29) is 43.0 Å². The van der Waals surface area contributed by atoms with Crippen molar-refractivity contribution in [3.05, 3.63) is 99.5 Å². The number of fused-ring (bicyclic) bond motifs is 1. The van der Waals surface area contributed by atoms with E-state index in [9.17, 15) is 28.3 Å². The van der Waals surface area contributed by atoms with Crippen molar-refractivity contribution in [1.29, 1.82) is 0 Å². The molecule has 3 rings (SSSR count). The number of carbonyl (C=O) groups excluding carboxylic acids is 2. The third kappa shape index (κ3) is 5.25. The maximum absolute atomic E-state index is 13.8. The van der Waals surface area contributed by atoms with E-state index in [0.717, 1.165) is 0 Å². The Labute approximate surface area is 189 Å². The van der Waals surface area contributed by atoms with Gasteiger partial charge in [-0.2, -0.15) is 0 Å². The fraction of sp³-hybridized carbons (Fsp3) is 0.208. The van der Waals surface area contributed by atoms with Crippen LogP contribution in [0, 0.1) is 5.82 Å². The monoisotopic (exact) mass is 455 g/mol. The van der Waals surface area contributed by atoms with Crippen molar-refractivity contribution in [3.63, 3.8) is 0 Å². The van der Waals surface area contributed by atoms with E-state index >= 15 is 0 Å². The molecule has 2 amide bonds. The number of carbonyl (C=O) groups is 2. The molecule has 0 saturated heterocycles. The van der Waals surface area contributed by atoms with Gasteiger partial charge in [0.2, 0.25) is 5.43 Å². The van der Waals surface area contributed by atoms with Crippen LogP contribution in [0.5, 0.6) is 5.75 Å². The highest BCUT2D eigenvalue weighted by atomic mass is 19.1. The zero-order valence-corrected chi connectivity index (χ0v) is 18.0. The number of pyridine rings is 1. The van der Waals surface area contributed by atoms with Crippen LogP contribution in [-0.2, 0) is 13.1 Å². The third-order valence-corrected chi connectivity index (χ3v) is 5.16. The van der Waals surface area contributed by atoms with Crippen LogP contribution < -0.4 is 10.7 Å². The van der Waals surface area contributed by atoms with Crippen LogP contribution >= 0.6 is 0 Å². The summed E-state index contributed by atoms with van der Waals surface area (Å²) in [7, 11) is 0. The average molecular weight is 455 g/mol. The van der Waals surface area contributed by atoms with Crippen LogP contribution in [-0.4, -0.2) is 39.5 Å². The van der Waals surface area contributed by atoms with Crippen molar-refractivity contribution in [3.8, 4) is 5.75 Å². The summed E-state index contributed by atoms with van der Waals surface area (Å²) in [6.07, 6.45) is 5.42. The van der Waals surface area contributed by atoms with Crippen molar-refractivity contribution < 1.29 is 23.5 Å². The second kappa shape index (κ2) is 10.1. The number of hydrogen-bond donors (Lipinski definition) is 2. The van der Waals surface area contributed by atoms with Crippen LogP contribution in [0.15, 0.2) is 71.5 Å². The fourth-order valence-corrected chi connectivity index (χ4v) is 3.38. The Bertz CT molecular complexity index is 1230. The van der Waals surface area contributed by atoms with Crippen LogP contribution in [0.1, 0.15) is 33.3 Å². The second-order valence-corrected chi connectivity index (χ2v) is 7.46. The zero-order chi connectivity index (χ0) is 24.1.